The van der Waals surface area contributed by atoms with Crippen LogP contribution in [0.5, 0.6) is 0 Å². The van der Waals surface area contributed by atoms with E-state index in [9.17, 15) is 19.2 Å². The number of carbonyl (C=O) groups is 2. The molecule has 1 aromatic heterocycles. The van der Waals surface area contributed by atoms with E-state index in [1.54, 1.807) is 6.92 Å². The average molecular weight is 269 g/mol. The molecule has 0 bridgehead atoms. The van der Waals surface area contributed by atoms with E-state index in [1.807, 2.05) is 0 Å². The SMILES string of the molecule is CC(NC(=O)Cn1[nH]c(=O)ccc1=O)C(C)C(=O)O. The minimum atomic E-state index is -1.03. The summed E-state index contributed by atoms with van der Waals surface area (Å²) < 4.78 is 0.857. The van der Waals surface area contributed by atoms with Gasteiger partial charge < -0.3 is 10.4 Å². The van der Waals surface area contributed by atoms with E-state index in [2.05, 4.69) is 10.4 Å². The number of aliphatic carboxylic acids is 1. The standard InChI is InChI=1S/C11H15N3O5/c1-6(11(18)19)7(2)12-9(16)5-14-10(17)4-3-8(15)13-14/h3-4,6-7H,5H2,1-2H3,(H,12,16)(H,13,15)(H,18,19). The van der Waals surface area contributed by atoms with Crippen molar-refractivity contribution in [3.8, 4) is 0 Å². The lowest BCUT2D eigenvalue weighted by molar-refractivity contribution is -0.142. The minimum Gasteiger partial charge on any atom is -0.481 e. The van der Waals surface area contributed by atoms with Gasteiger partial charge in [0.05, 0.1) is 5.92 Å². The molecule has 0 aliphatic heterocycles. The maximum atomic E-state index is 11.6. The van der Waals surface area contributed by atoms with Crippen molar-refractivity contribution in [1.82, 2.24) is 15.1 Å². The first-order chi connectivity index (χ1) is 8.81. The Morgan fingerprint density at radius 2 is 2.00 bits per heavy atom. The Balaban J connectivity index is 2.71. The number of aromatic amines is 1. The lowest BCUT2D eigenvalue weighted by Gasteiger charge is -2.17. The normalized spacial score (nSPS) is 13.6. The third kappa shape index (κ3) is 4.09. The molecule has 0 aliphatic rings. The first-order valence-electron chi connectivity index (χ1n) is 5.63. The van der Waals surface area contributed by atoms with Crippen LogP contribution in [0.15, 0.2) is 21.7 Å². The summed E-state index contributed by atoms with van der Waals surface area (Å²) in [5.74, 6) is -2.34. The first kappa shape index (κ1) is 14.7. The number of carboxylic acids is 1. The van der Waals surface area contributed by atoms with Crippen molar-refractivity contribution in [3.63, 3.8) is 0 Å². The number of nitrogens with zero attached hydrogens (tertiary/aromatic N) is 1. The summed E-state index contributed by atoms with van der Waals surface area (Å²) in [5, 5.41) is 13.4. The van der Waals surface area contributed by atoms with E-state index in [0.717, 1.165) is 16.8 Å². The van der Waals surface area contributed by atoms with Crippen LogP contribution in [0.4, 0.5) is 0 Å². The second-order valence-corrected chi connectivity index (χ2v) is 4.22. The van der Waals surface area contributed by atoms with Crippen LogP contribution in [-0.2, 0) is 16.1 Å². The summed E-state index contributed by atoms with van der Waals surface area (Å²) in [6.07, 6.45) is 0. The molecule has 1 heterocycles. The third-order valence-electron chi connectivity index (χ3n) is 2.72. The molecule has 0 saturated heterocycles. The molecule has 0 spiro atoms. The molecule has 3 N–H and O–H groups in total. The molecule has 8 nitrogen and oxygen atoms in total. The van der Waals surface area contributed by atoms with Gasteiger partial charge in [-0.2, -0.15) is 0 Å². The van der Waals surface area contributed by atoms with Gasteiger partial charge in [0, 0.05) is 18.2 Å². The number of aromatic nitrogens is 2. The Morgan fingerprint density at radius 3 is 2.58 bits per heavy atom. The zero-order valence-electron chi connectivity index (χ0n) is 10.5. The predicted octanol–water partition coefficient (Wildman–Crippen LogP) is -1.24. The van der Waals surface area contributed by atoms with Crippen LogP contribution >= 0.6 is 0 Å². The number of carbonyl (C=O) groups excluding carboxylic acids is 1. The van der Waals surface area contributed by atoms with Crippen molar-refractivity contribution in [1.29, 1.82) is 0 Å². The lowest BCUT2D eigenvalue weighted by atomic mass is 10.0. The molecule has 19 heavy (non-hydrogen) atoms. The van der Waals surface area contributed by atoms with Crippen molar-refractivity contribution in [2.75, 3.05) is 0 Å². The van der Waals surface area contributed by atoms with Crippen LogP contribution < -0.4 is 16.4 Å². The summed E-state index contributed by atoms with van der Waals surface area (Å²) in [5.41, 5.74) is -1.02. The van der Waals surface area contributed by atoms with Gasteiger partial charge in [0.2, 0.25) is 5.91 Å². The second kappa shape index (κ2) is 5.98. The minimum absolute atomic E-state index is 0.369. The molecule has 8 heteroatoms. The highest BCUT2D eigenvalue weighted by molar-refractivity contribution is 5.77. The molecule has 0 aliphatic carbocycles. The van der Waals surface area contributed by atoms with Gasteiger partial charge in [0.25, 0.3) is 11.1 Å². The van der Waals surface area contributed by atoms with Gasteiger partial charge in [0.15, 0.2) is 0 Å². The molecule has 0 aromatic carbocycles. The monoisotopic (exact) mass is 269 g/mol. The van der Waals surface area contributed by atoms with Crippen LogP contribution in [0, 0.1) is 5.92 Å². The molecule has 0 fully saturated rings. The Labute approximate surface area is 108 Å². The smallest absolute Gasteiger partial charge is 0.308 e. The van der Waals surface area contributed by atoms with Crippen LogP contribution in [0.25, 0.3) is 0 Å². The van der Waals surface area contributed by atoms with Gasteiger partial charge in [-0.3, -0.25) is 24.3 Å². The highest BCUT2D eigenvalue weighted by Crippen LogP contribution is 2.01. The zero-order valence-corrected chi connectivity index (χ0v) is 10.5. The Morgan fingerprint density at radius 1 is 1.37 bits per heavy atom. The van der Waals surface area contributed by atoms with Crippen LogP contribution in [-0.4, -0.2) is 32.8 Å². The van der Waals surface area contributed by atoms with Gasteiger partial charge >= 0.3 is 5.97 Å². The van der Waals surface area contributed by atoms with Crippen molar-refractivity contribution in [3.05, 3.63) is 32.8 Å². The molecule has 1 amide bonds. The van der Waals surface area contributed by atoms with Crippen molar-refractivity contribution in [2.45, 2.75) is 26.4 Å². The Bertz CT molecular complexity index is 588. The summed E-state index contributed by atoms with van der Waals surface area (Å²) in [6, 6.07) is 1.53. The molecule has 2 unspecified atom stereocenters. The van der Waals surface area contributed by atoms with E-state index < -0.39 is 35.0 Å². The van der Waals surface area contributed by atoms with Gasteiger partial charge in [0.1, 0.15) is 6.54 Å². The predicted molar refractivity (Wildman–Crippen MR) is 65.7 cm³/mol. The fraction of sp³-hybridized carbons (Fsp3) is 0.455. The number of H-pyrrole nitrogens is 1. The summed E-state index contributed by atoms with van der Waals surface area (Å²) in [4.78, 5) is 44.7. The number of hydrogen-bond donors (Lipinski definition) is 3. The molecule has 104 valence electrons. The largest absolute Gasteiger partial charge is 0.481 e. The van der Waals surface area contributed by atoms with E-state index in [0.29, 0.717) is 0 Å². The number of hydrogen-bond acceptors (Lipinski definition) is 4. The summed E-state index contributed by atoms with van der Waals surface area (Å²) in [6.45, 7) is 2.64. The topological polar surface area (TPSA) is 121 Å². The van der Waals surface area contributed by atoms with E-state index >= 15 is 0 Å². The highest BCUT2D eigenvalue weighted by atomic mass is 16.4. The van der Waals surface area contributed by atoms with Crippen molar-refractivity contribution in [2.24, 2.45) is 5.92 Å². The van der Waals surface area contributed by atoms with Crippen LogP contribution in [0.1, 0.15) is 13.8 Å². The first-order valence-corrected chi connectivity index (χ1v) is 5.63. The number of nitrogens with one attached hydrogen (secondary N) is 2. The zero-order chi connectivity index (χ0) is 14.6. The molecular weight excluding hydrogens is 254 g/mol. The van der Waals surface area contributed by atoms with E-state index in [4.69, 9.17) is 5.11 Å². The summed E-state index contributed by atoms with van der Waals surface area (Å²) >= 11 is 0. The molecule has 2 atom stereocenters. The fourth-order valence-electron chi connectivity index (χ4n) is 1.36. The number of carboxylic acid groups (broad SMARTS) is 1. The molecule has 1 rings (SSSR count). The fourth-order valence-corrected chi connectivity index (χ4v) is 1.36. The Hall–Kier alpha value is -2.38. The van der Waals surface area contributed by atoms with Crippen LogP contribution in [0.2, 0.25) is 0 Å². The Kier molecular flexibility index (Phi) is 4.62. The van der Waals surface area contributed by atoms with Gasteiger partial charge in [-0.15, -0.1) is 0 Å². The highest BCUT2D eigenvalue weighted by Gasteiger charge is 2.21. The van der Waals surface area contributed by atoms with Crippen molar-refractivity contribution >= 4 is 11.9 Å². The molecule has 0 saturated carbocycles. The maximum Gasteiger partial charge on any atom is 0.308 e. The average Bonchev–Trinajstić information content (AvgIpc) is 2.32. The van der Waals surface area contributed by atoms with Crippen LogP contribution in [0.3, 0.4) is 0 Å². The maximum absolute atomic E-state index is 11.6. The lowest BCUT2D eigenvalue weighted by Crippen LogP contribution is -2.43. The summed E-state index contributed by atoms with van der Waals surface area (Å²) in [7, 11) is 0. The molecule has 0 radical (unpaired) electrons. The van der Waals surface area contributed by atoms with Gasteiger partial charge in [-0.1, -0.05) is 0 Å². The number of amides is 1. The number of rotatable bonds is 5. The molecular formula is C11H15N3O5. The van der Waals surface area contributed by atoms with E-state index in [1.165, 1.54) is 6.92 Å². The second-order valence-electron chi connectivity index (χ2n) is 4.22. The van der Waals surface area contributed by atoms with E-state index in [-0.39, 0.29) is 6.54 Å². The van der Waals surface area contributed by atoms with Gasteiger partial charge in [-0.25, -0.2) is 4.68 Å². The quantitative estimate of drug-likeness (QED) is 0.617. The van der Waals surface area contributed by atoms with Gasteiger partial charge in [-0.05, 0) is 13.8 Å². The molecule has 1 aromatic rings. The van der Waals surface area contributed by atoms with Crippen molar-refractivity contribution < 1.29 is 14.7 Å². The third-order valence-corrected chi connectivity index (χ3v) is 2.72.